The summed E-state index contributed by atoms with van der Waals surface area (Å²) in [6, 6.07) is 2.61. The van der Waals surface area contributed by atoms with Crippen LogP contribution in [-0.2, 0) is 9.59 Å². The summed E-state index contributed by atoms with van der Waals surface area (Å²) >= 11 is 3.03. The highest BCUT2D eigenvalue weighted by Gasteiger charge is 2.31. The lowest BCUT2D eigenvalue weighted by molar-refractivity contribution is -0.121. The minimum Gasteiger partial charge on any atom is -0.495 e. The average Bonchev–Trinajstić information content (AvgIpc) is 2.61. The minimum absolute atomic E-state index is 0.0315. The first-order valence-electron chi connectivity index (χ1n) is 4.88. The number of rotatable bonds is 2. The second-order valence-corrected chi connectivity index (χ2v) is 4.49. The zero-order valence-electron chi connectivity index (χ0n) is 9.00. The second kappa shape index (κ2) is 4.44. The van der Waals surface area contributed by atoms with Gasteiger partial charge in [-0.05, 0) is 22.0 Å². The van der Waals surface area contributed by atoms with Gasteiger partial charge in [-0.25, -0.2) is 4.39 Å². The lowest BCUT2D eigenvalue weighted by Crippen LogP contribution is -2.25. The number of ether oxygens (including phenoxy) is 1. The van der Waals surface area contributed by atoms with Crippen molar-refractivity contribution in [1.29, 1.82) is 0 Å². The number of hydrogen-bond acceptors (Lipinski definition) is 3. The fourth-order valence-electron chi connectivity index (χ4n) is 1.70. The van der Waals surface area contributed by atoms with Crippen molar-refractivity contribution >= 4 is 33.3 Å². The van der Waals surface area contributed by atoms with Gasteiger partial charge in [0, 0.05) is 6.07 Å². The maximum absolute atomic E-state index is 13.4. The summed E-state index contributed by atoms with van der Waals surface area (Å²) in [5.74, 6) is -0.676. The highest BCUT2D eigenvalue weighted by molar-refractivity contribution is 9.10. The van der Waals surface area contributed by atoms with Gasteiger partial charge in [0.1, 0.15) is 11.6 Å². The molecule has 17 heavy (non-hydrogen) atoms. The Balaban J connectivity index is 2.47. The Bertz CT molecular complexity index is 504. The predicted molar refractivity (Wildman–Crippen MR) is 62.6 cm³/mol. The molecule has 0 aromatic heterocycles. The molecule has 1 aromatic rings. The number of benzene rings is 1. The Labute approximate surface area is 105 Å². The van der Waals surface area contributed by atoms with Crippen molar-refractivity contribution < 1.29 is 18.7 Å². The van der Waals surface area contributed by atoms with E-state index < -0.39 is 5.82 Å². The lowest BCUT2D eigenvalue weighted by atomic mass is 10.2. The third kappa shape index (κ3) is 2.17. The zero-order chi connectivity index (χ0) is 12.6. The molecule has 0 spiro atoms. The first-order chi connectivity index (χ1) is 8.02. The quantitative estimate of drug-likeness (QED) is 0.784. The van der Waals surface area contributed by atoms with E-state index >= 15 is 0 Å². The number of hydrogen-bond donors (Lipinski definition) is 0. The molecule has 1 aliphatic heterocycles. The van der Waals surface area contributed by atoms with Gasteiger partial charge in [-0.3, -0.25) is 9.59 Å². The van der Waals surface area contributed by atoms with Gasteiger partial charge in [0.05, 0.1) is 30.2 Å². The van der Waals surface area contributed by atoms with Crippen LogP contribution in [0.25, 0.3) is 0 Å². The van der Waals surface area contributed by atoms with Crippen LogP contribution in [0.15, 0.2) is 16.6 Å². The van der Waals surface area contributed by atoms with Crippen LogP contribution in [0.3, 0.4) is 0 Å². The fourth-order valence-corrected chi connectivity index (χ4v) is 2.02. The topological polar surface area (TPSA) is 46.6 Å². The molecule has 0 atom stereocenters. The summed E-state index contributed by atoms with van der Waals surface area (Å²) in [4.78, 5) is 24.0. The van der Waals surface area contributed by atoms with Crippen LogP contribution in [0, 0.1) is 5.82 Å². The number of carbonyl (C=O) groups excluding carboxylic acids is 2. The van der Waals surface area contributed by atoms with Gasteiger partial charge in [-0.2, -0.15) is 0 Å². The molecule has 1 aliphatic rings. The van der Waals surface area contributed by atoms with Crippen LogP contribution >= 0.6 is 15.9 Å². The molecular formula is C11H9BrFNO3. The molecule has 0 radical (unpaired) electrons. The molecule has 4 nitrogen and oxygen atoms in total. The third-order valence-electron chi connectivity index (χ3n) is 2.50. The molecule has 1 fully saturated rings. The summed E-state index contributed by atoms with van der Waals surface area (Å²) in [7, 11) is 1.42. The Hall–Kier alpha value is -1.43. The number of carbonyl (C=O) groups is 2. The average molecular weight is 302 g/mol. The summed E-state index contributed by atoms with van der Waals surface area (Å²) in [6.45, 7) is -0.0315. The standard InChI is InChI=1S/C11H9BrFNO3/c1-17-10-3-7(12)8(13)4-9(10)14-5-6(15)2-11(14)16/h3-4H,2,5H2,1H3. The Morgan fingerprint density at radius 2 is 2.12 bits per heavy atom. The van der Waals surface area contributed by atoms with E-state index in [1.807, 2.05) is 0 Å². The molecule has 0 unspecified atom stereocenters. The van der Waals surface area contributed by atoms with Gasteiger partial charge >= 0.3 is 0 Å². The molecule has 0 bridgehead atoms. The van der Waals surface area contributed by atoms with Crippen molar-refractivity contribution in [3.63, 3.8) is 0 Å². The van der Waals surface area contributed by atoms with E-state index in [9.17, 15) is 14.0 Å². The number of nitrogens with zero attached hydrogens (tertiary/aromatic N) is 1. The van der Waals surface area contributed by atoms with Crippen molar-refractivity contribution in [2.75, 3.05) is 18.6 Å². The Kier molecular flexibility index (Phi) is 3.15. The molecule has 0 N–H and O–H groups in total. The van der Waals surface area contributed by atoms with Gasteiger partial charge in [-0.1, -0.05) is 0 Å². The van der Waals surface area contributed by atoms with Crippen LogP contribution < -0.4 is 9.64 Å². The van der Waals surface area contributed by atoms with Crippen LogP contribution in [0.1, 0.15) is 6.42 Å². The molecule has 1 heterocycles. The smallest absolute Gasteiger partial charge is 0.235 e. The van der Waals surface area contributed by atoms with E-state index in [-0.39, 0.29) is 34.8 Å². The van der Waals surface area contributed by atoms with Crippen LogP contribution in [0.4, 0.5) is 10.1 Å². The fraction of sp³-hybridized carbons (Fsp3) is 0.273. The maximum atomic E-state index is 13.4. The molecule has 6 heteroatoms. The second-order valence-electron chi connectivity index (χ2n) is 3.63. The summed E-state index contributed by atoms with van der Waals surface area (Å²) in [5.41, 5.74) is 0.282. The molecule has 90 valence electrons. The minimum atomic E-state index is -0.507. The van der Waals surface area contributed by atoms with Gasteiger partial charge in [0.2, 0.25) is 5.91 Å². The number of halogens is 2. The van der Waals surface area contributed by atoms with Gasteiger partial charge in [-0.15, -0.1) is 0 Å². The van der Waals surface area contributed by atoms with Gasteiger partial charge in [0.15, 0.2) is 5.78 Å². The highest BCUT2D eigenvalue weighted by atomic mass is 79.9. The largest absolute Gasteiger partial charge is 0.495 e. The van der Waals surface area contributed by atoms with Crippen molar-refractivity contribution in [2.45, 2.75) is 6.42 Å². The van der Waals surface area contributed by atoms with E-state index in [2.05, 4.69) is 15.9 Å². The van der Waals surface area contributed by atoms with Crippen LogP contribution in [-0.4, -0.2) is 25.3 Å². The molecule has 0 saturated carbocycles. The molecular weight excluding hydrogens is 293 g/mol. The number of amides is 1. The zero-order valence-corrected chi connectivity index (χ0v) is 10.6. The number of anilines is 1. The first kappa shape index (κ1) is 12.0. The van der Waals surface area contributed by atoms with Crippen molar-refractivity contribution in [3.05, 3.63) is 22.4 Å². The normalized spacial score (nSPS) is 15.6. The SMILES string of the molecule is COc1cc(Br)c(F)cc1N1CC(=O)CC1=O. The lowest BCUT2D eigenvalue weighted by Gasteiger charge is -2.18. The van der Waals surface area contributed by atoms with Crippen molar-refractivity contribution in [1.82, 2.24) is 0 Å². The summed E-state index contributed by atoms with van der Waals surface area (Å²) in [5, 5.41) is 0. The monoisotopic (exact) mass is 301 g/mol. The first-order valence-corrected chi connectivity index (χ1v) is 5.67. The van der Waals surface area contributed by atoms with E-state index in [0.29, 0.717) is 5.75 Å². The van der Waals surface area contributed by atoms with Gasteiger partial charge in [0.25, 0.3) is 0 Å². The molecule has 1 amide bonds. The highest BCUT2D eigenvalue weighted by Crippen LogP contribution is 2.35. The van der Waals surface area contributed by atoms with E-state index in [0.717, 1.165) is 0 Å². The van der Waals surface area contributed by atoms with E-state index in [1.165, 1.54) is 24.1 Å². The molecule has 0 aliphatic carbocycles. The van der Waals surface area contributed by atoms with Gasteiger partial charge < -0.3 is 9.64 Å². The van der Waals surface area contributed by atoms with Crippen molar-refractivity contribution in [3.8, 4) is 5.75 Å². The van der Waals surface area contributed by atoms with Crippen LogP contribution in [0.5, 0.6) is 5.75 Å². The van der Waals surface area contributed by atoms with E-state index in [1.54, 1.807) is 0 Å². The molecule has 2 rings (SSSR count). The molecule has 1 aromatic carbocycles. The third-order valence-corrected chi connectivity index (χ3v) is 3.10. The van der Waals surface area contributed by atoms with Crippen LogP contribution in [0.2, 0.25) is 0 Å². The summed E-state index contributed by atoms with van der Waals surface area (Å²) in [6.07, 6.45) is -0.138. The van der Waals surface area contributed by atoms with Crippen molar-refractivity contribution in [2.24, 2.45) is 0 Å². The maximum Gasteiger partial charge on any atom is 0.235 e. The molecule has 1 saturated heterocycles. The van der Waals surface area contributed by atoms with E-state index in [4.69, 9.17) is 4.74 Å². The number of Topliss-reactive ketones (excluding diaryl/α,β-unsaturated/α-hetero) is 1. The summed E-state index contributed by atoms with van der Waals surface area (Å²) < 4.78 is 18.8. The Morgan fingerprint density at radius 3 is 2.65 bits per heavy atom. The number of methoxy groups -OCH3 is 1. The number of ketones is 1. The Morgan fingerprint density at radius 1 is 1.41 bits per heavy atom. The predicted octanol–water partition coefficient (Wildman–Crippen LogP) is 1.90.